The molecule has 4 rings (SSSR count). The van der Waals surface area contributed by atoms with Gasteiger partial charge < -0.3 is 35.0 Å². The molecule has 0 aliphatic carbocycles. The van der Waals surface area contributed by atoms with Crippen molar-refractivity contribution < 1.29 is 47.3 Å². The first-order chi connectivity index (χ1) is 20.8. The highest BCUT2D eigenvalue weighted by Crippen LogP contribution is 2.21. The average molecular weight is 635 g/mol. The quantitative estimate of drug-likeness (QED) is 0.292. The summed E-state index contributed by atoms with van der Waals surface area (Å²) >= 11 is 0. The fourth-order valence-corrected chi connectivity index (χ4v) is 5.94. The summed E-state index contributed by atoms with van der Waals surface area (Å²) in [5, 5.41) is 24.6. The SMILES string of the molecule is CS(=O)(=O)C1CCN(C(=O)COc2cc(C(=O)N[C@@H](CCC(=O)O)C(=O)N3CCN(C(=O)O)CC3)nn2-c2ccccc2)C1. The van der Waals surface area contributed by atoms with Gasteiger partial charge in [0.1, 0.15) is 6.04 Å². The molecule has 17 heteroatoms. The number of rotatable bonds is 11. The van der Waals surface area contributed by atoms with E-state index in [1.807, 2.05) is 0 Å². The zero-order valence-corrected chi connectivity index (χ0v) is 24.8. The monoisotopic (exact) mass is 634 g/mol. The fraction of sp³-hybridized carbons (Fsp3) is 0.481. The molecule has 2 aliphatic heterocycles. The van der Waals surface area contributed by atoms with Gasteiger partial charge >= 0.3 is 12.1 Å². The van der Waals surface area contributed by atoms with Crippen LogP contribution in [0.25, 0.3) is 5.69 Å². The maximum absolute atomic E-state index is 13.3. The lowest BCUT2D eigenvalue weighted by atomic mass is 10.1. The van der Waals surface area contributed by atoms with E-state index in [1.54, 1.807) is 30.3 Å². The third-order valence-electron chi connectivity index (χ3n) is 7.47. The van der Waals surface area contributed by atoms with E-state index in [2.05, 4.69) is 10.4 Å². The van der Waals surface area contributed by atoms with Gasteiger partial charge in [-0.05, 0) is 25.0 Å². The third kappa shape index (κ3) is 8.03. The smallest absolute Gasteiger partial charge is 0.407 e. The molecule has 2 aromatic rings. The molecule has 16 nitrogen and oxygen atoms in total. The number of benzene rings is 1. The number of carboxylic acid groups (broad SMARTS) is 2. The Labute approximate surface area is 253 Å². The number of aromatic nitrogens is 2. The first-order valence-electron chi connectivity index (χ1n) is 13.9. The van der Waals surface area contributed by atoms with Crippen LogP contribution in [0, 0.1) is 0 Å². The van der Waals surface area contributed by atoms with Crippen molar-refractivity contribution in [1.82, 2.24) is 29.8 Å². The van der Waals surface area contributed by atoms with Crippen LogP contribution in [0.15, 0.2) is 36.4 Å². The summed E-state index contributed by atoms with van der Waals surface area (Å²) < 4.78 is 30.8. The van der Waals surface area contributed by atoms with Crippen LogP contribution in [0.1, 0.15) is 29.8 Å². The molecule has 0 saturated carbocycles. The highest BCUT2D eigenvalue weighted by molar-refractivity contribution is 7.91. The lowest BCUT2D eigenvalue weighted by molar-refractivity contribution is -0.138. The van der Waals surface area contributed by atoms with Crippen LogP contribution >= 0.6 is 0 Å². The molecule has 3 N–H and O–H groups in total. The number of hydrogen-bond donors (Lipinski definition) is 3. The Bertz CT molecular complexity index is 1500. The van der Waals surface area contributed by atoms with Crippen LogP contribution in [-0.2, 0) is 24.2 Å². The van der Waals surface area contributed by atoms with E-state index in [9.17, 15) is 42.6 Å². The van der Waals surface area contributed by atoms with Gasteiger partial charge in [0.2, 0.25) is 11.8 Å². The Morgan fingerprint density at radius 3 is 2.25 bits per heavy atom. The summed E-state index contributed by atoms with van der Waals surface area (Å²) in [7, 11) is -3.30. The number of sulfone groups is 1. The van der Waals surface area contributed by atoms with Crippen molar-refractivity contribution in [3.05, 3.63) is 42.1 Å². The fourth-order valence-electron chi connectivity index (χ4n) is 4.96. The van der Waals surface area contributed by atoms with E-state index in [0.717, 1.165) is 11.2 Å². The van der Waals surface area contributed by atoms with Gasteiger partial charge in [-0.15, -0.1) is 0 Å². The van der Waals surface area contributed by atoms with Gasteiger partial charge in [0.05, 0.1) is 10.9 Å². The van der Waals surface area contributed by atoms with Crippen molar-refractivity contribution in [2.24, 2.45) is 0 Å². The first kappa shape index (κ1) is 32.2. The molecule has 238 valence electrons. The number of para-hydroxylation sites is 1. The third-order valence-corrected chi connectivity index (χ3v) is 9.06. The van der Waals surface area contributed by atoms with E-state index >= 15 is 0 Å². The molecule has 3 heterocycles. The highest BCUT2D eigenvalue weighted by Gasteiger charge is 2.34. The number of aliphatic carboxylic acids is 1. The van der Waals surface area contributed by atoms with Crippen LogP contribution in [0.3, 0.4) is 0 Å². The van der Waals surface area contributed by atoms with Crippen molar-refractivity contribution in [2.45, 2.75) is 30.6 Å². The van der Waals surface area contributed by atoms with Crippen LogP contribution in [0.5, 0.6) is 5.88 Å². The molecular formula is C27H34N6O10S. The van der Waals surface area contributed by atoms with Crippen molar-refractivity contribution in [1.29, 1.82) is 0 Å². The molecule has 0 spiro atoms. The Hall–Kier alpha value is -4.67. The summed E-state index contributed by atoms with van der Waals surface area (Å²) in [6.07, 6.45) is -0.266. The first-order valence-corrected chi connectivity index (χ1v) is 15.8. The molecule has 2 fully saturated rings. The molecular weight excluding hydrogens is 600 g/mol. The van der Waals surface area contributed by atoms with Crippen molar-refractivity contribution in [3.63, 3.8) is 0 Å². The Morgan fingerprint density at radius 2 is 1.66 bits per heavy atom. The molecule has 1 aromatic heterocycles. The summed E-state index contributed by atoms with van der Waals surface area (Å²) in [5.74, 6) is -2.91. The minimum absolute atomic E-state index is 0.0340. The summed E-state index contributed by atoms with van der Waals surface area (Å²) in [6.45, 7) is 0.203. The van der Waals surface area contributed by atoms with Crippen LogP contribution in [-0.4, -0.2) is 136 Å². The highest BCUT2D eigenvalue weighted by atomic mass is 32.2. The second-order valence-electron chi connectivity index (χ2n) is 10.5. The molecule has 2 saturated heterocycles. The Balaban J connectivity index is 1.49. The number of carbonyl (C=O) groups is 5. The lowest BCUT2D eigenvalue weighted by Crippen LogP contribution is -2.55. The topological polar surface area (TPSA) is 209 Å². The van der Waals surface area contributed by atoms with Crippen molar-refractivity contribution >= 4 is 39.6 Å². The number of nitrogens with one attached hydrogen (secondary N) is 1. The van der Waals surface area contributed by atoms with Gasteiger partial charge in [0.25, 0.3) is 11.8 Å². The van der Waals surface area contributed by atoms with E-state index in [0.29, 0.717) is 12.1 Å². The van der Waals surface area contributed by atoms with Crippen molar-refractivity contribution in [2.75, 3.05) is 52.1 Å². The molecule has 1 unspecified atom stereocenters. The van der Waals surface area contributed by atoms with Gasteiger partial charge in [0.15, 0.2) is 22.1 Å². The number of likely N-dealkylation sites (tertiary alicyclic amines) is 1. The van der Waals surface area contributed by atoms with Crippen LogP contribution in [0.4, 0.5) is 4.79 Å². The predicted octanol–water partition coefficient (Wildman–Crippen LogP) is -0.318. The summed E-state index contributed by atoms with van der Waals surface area (Å²) in [4.78, 5) is 65.8. The number of piperazine rings is 1. The normalized spacial score (nSPS) is 17.7. The molecule has 0 bridgehead atoms. The number of nitrogens with zero attached hydrogens (tertiary/aromatic N) is 5. The summed E-state index contributed by atoms with van der Waals surface area (Å²) in [5.41, 5.74) is 0.334. The van der Waals surface area contributed by atoms with E-state index < -0.39 is 63.9 Å². The summed E-state index contributed by atoms with van der Waals surface area (Å²) in [6, 6.07) is 8.67. The van der Waals surface area contributed by atoms with Gasteiger partial charge in [-0.3, -0.25) is 19.2 Å². The lowest BCUT2D eigenvalue weighted by Gasteiger charge is -2.35. The predicted molar refractivity (Wildman–Crippen MR) is 153 cm³/mol. The molecule has 1 aromatic carbocycles. The van der Waals surface area contributed by atoms with E-state index in [1.165, 1.54) is 20.5 Å². The largest absolute Gasteiger partial charge is 0.481 e. The maximum Gasteiger partial charge on any atom is 0.407 e. The van der Waals surface area contributed by atoms with E-state index in [-0.39, 0.29) is 57.3 Å². The number of carboxylic acids is 1. The average Bonchev–Trinajstić information content (AvgIpc) is 3.67. The minimum Gasteiger partial charge on any atom is -0.481 e. The van der Waals surface area contributed by atoms with Gasteiger partial charge in [-0.2, -0.15) is 5.10 Å². The Morgan fingerprint density at radius 1 is 1.00 bits per heavy atom. The zero-order valence-electron chi connectivity index (χ0n) is 24.0. The number of ether oxygens (including phenoxy) is 1. The standard InChI is InChI=1S/C27H34N6O10S/c1-44(41,42)19-9-10-32(16-19)22(34)17-43-23-15-21(29-33(23)18-5-3-2-4-6-18)25(37)28-20(7-8-24(35)36)26(38)30-11-13-31(14-12-30)27(39)40/h2-6,15,19-20H,7-14,16-17H2,1H3,(H,28,37)(H,35,36)(H,39,40)/t19?,20-/m0/s1. The van der Waals surface area contributed by atoms with Gasteiger partial charge in [-0.1, -0.05) is 18.2 Å². The number of hydrogen-bond acceptors (Lipinski definition) is 9. The second kappa shape index (κ2) is 13.7. The van der Waals surface area contributed by atoms with Crippen molar-refractivity contribution in [3.8, 4) is 11.6 Å². The van der Waals surface area contributed by atoms with E-state index in [4.69, 9.17) is 4.74 Å². The number of carbonyl (C=O) groups excluding carboxylic acids is 3. The molecule has 0 radical (unpaired) electrons. The molecule has 2 aliphatic rings. The van der Waals surface area contributed by atoms with Crippen LogP contribution in [0.2, 0.25) is 0 Å². The van der Waals surface area contributed by atoms with Gasteiger partial charge in [0, 0.05) is 58.0 Å². The maximum atomic E-state index is 13.3. The number of amides is 4. The second-order valence-corrected chi connectivity index (χ2v) is 12.9. The van der Waals surface area contributed by atoms with Crippen LogP contribution < -0.4 is 10.1 Å². The van der Waals surface area contributed by atoms with Gasteiger partial charge in [-0.25, -0.2) is 17.9 Å². The Kier molecular flexibility index (Phi) is 10.1. The minimum atomic E-state index is -3.30. The zero-order chi connectivity index (χ0) is 32.0. The molecule has 2 atom stereocenters. The molecule has 4 amide bonds. The molecule has 44 heavy (non-hydrogen) atoms.